The van der Waals surface area contributed by atoms with Gasteiger partial charge in [0.2, 0.25) is 0 Å². The molecule has 2 aliphatic heterocycles. The fourth-order valence-electron chi connectivity index (χ4n) is 2.09. The number of hydrogen-bond acceptors (Lipinski definition) is 5. The molecule has 2 aliphatic rings. The third-order valence-corrected chi connectivity index (χ3v) is 3.13. The third-order valence-electron chi connectivity index (χ3n) is 2.78. The molecular weight excluding hydrogens is 256 g/mol. The molecule has 0 aromatic rings. The largest absolute Gasteiger partial charge is 0.480 e. The van der Waals surface area contributed by atoms with Gasteiger partial charge in [-0.05, 0) is 12.8 Å². The van der Waals surface area contributed by atoms with E-state index in [2.05, 4.69) is 4.28 Å². The number of fused-ring (bicyclic) bond motifs is 2. The van der Waals surface area contributed by atoms with Gasteiger partial charge in [0.05, 0.1) is 6.04 Å². The van der Waals surface area contributed by atoms with Gasteiger partial charge >= 0.3 is 22.4 Å². The topological polar surface area (TPSA) is 124 Å². The molecule has 0 saturated carbocycles. The van der Waals surface area contributed by atoms with Crippen molar-refractivity contribution in [3.05, 3.63) is 0 Å². The summed E-state index contributed by atoms with van der Waals surface area (Å²) in [5, 5.41) is 9.39. The van der Waals surface area contributed by atoms with Crippen LogP contribution in [0.1, 0.15) is 12.8 Å². The second-order valence-electron chi connectivity index (χ2n) is 3.85. The maximum absolute atomic E-state index is 11.7. The zero-order valence-corrected chi connectivity index (χ0v) is 9.33. The number of carboxylic acids is 1. The Hall–Kier alpha value is -1.39. The lowest BCUT2D eigenvalue weighted by Crippen LogP contribution is -2.44. The minimum absolute atomic E-state index is 0.0747. The minimum atomic E-state index is -4.79. The number of aliphatic carboxylic acids is 1. The second-order valence-corrected chi connectivity index (χ2v) is 4.85. The summed E-state index contributed by atoms with van der Waals surface area (Å²) >= 11 is 0. The average molecular weight is 266 g/mol. The lowest BCUT2D eigenvalue weighted by atomic mass is 10.0. The lowest BCUT2D eigenvalue weighted by molar-refractivity contribution is -0.142. The van der Waals surface area contributed by atoms with Gasteiger partial charge in [-0.25, -0.2) is 9.59 Å². The van der Waals surface area contributed by atoms with Crippen LogP contribution in [0, 0.1) is 0 Å². The number of carbonyl (C=O) groups is 2. The van der Waals surface area contributed by atoms with Crippen LogP contribution in [0.15, 0.2) is 0 Å². The Morgan fingerprint density at radius 3 is 2.59 bits per heavy atom. The van der Waals surface area contributed by atoms with E-state index >= 15 is 0 Å². The molecule has 0 aliphatic carbocycles. The summed E-state index contributed by atoms with van der Waals surface area (Å²) in [6, 6.07) is -2.40. The third kappa shape index (κ3) is 2.18. The van der Waals surface area contributed by atoms with Gasteiger partial charge in [-0.2, -0.15) is 13.5 Å². The van der Waals surface area contributed by atoms with Crippen molar-refractivity contribution in [2.75, 3.05) is 6.54 Å². The zero-order chi connectivity index (χ0) is 12.8. The smallest absolute Gasteiger partial charge is 0.418 e. The van der Waals surface area contributed by atoms with Gasteiger partial charge in [0.1, 0.15) is 6.04 Å². The maximum atomic E-state index is 11.7. The lowest BCUT2D eigenvalue weighted by Gasteiger charge is -2.26. The van der Waals surface area contributed by atoms with Crippen LogP contribution in [0.4, 0.5) is 4.79 Å². The molecule has 9 nitrogen and oxygen atoms in total. The standard InChI is InChI=1S/C7H10N2O7S/c10-6(11)5-2-1-4-3-8(5)7(12)9(4)16-17(13,14)15/h4-5H,1-3H2,(H,10,11)(H,13,14,15)/t4-,5-/m0/s1. The predicted molar refractivity (Wildman–Crippen MR) is 51.0 cm³/mol. The van der Waals surface area contributed by atoms with Crippen molar-refractivity contribution in [1.82, 2.24) is 9.96 Å². The van der Waals surface area contributed by atoms with E-state index in [4.69, 9.17) is 9.66 Å². The Morgan fingerprint density at radius 2 is 2.06 bits per heavy atom. The van der Waals surface area contributed by atoms with Crippen LogP contribution in [-0.4, -0.2) is 58.7 Å². The number of urea groups is 1. The molecule has 2 atom stereocenters. The highest BCUT2D eigenvalue weighted by Gasteiger charge is 2.49. The van der Waals surface area contributed by atoms with Gasteiger partial charge in [0.15, 0.2) is 0 Å². The number of hydroxylamine groups is 2. The van der Waals surface area contributed by atoms with Gasteiger partial charge in [0, 0.05) is 6.54 Å². The van der Waals surface area contributed by atoms with E-state index in [1.54, 1.807) is 0 Å². The van der Waals surface area contributed by atoms with Crippen molar-refractivity contribution in [2.24, 2.45) is 0 Å². The summed E-state index contributed by atoms with van der Waals surface area (Å²) in [5.41, 5.74) is 0. The number of piperidine rings is 1. The van der Waals surface area contributed by atoms with Crippen molar-refractivity contribution in [2.45, 2.75) is 24.9 Å². The quantitative estimate of drug-likeness (QED) is 0.632. The SMILES string of the molecule is O=C(O)[C@@H]1CC[C@H]2CN1C(=O)N2OS(=O)(=O)O. The van der Waals surface area contributed by atoms with Gasteiger partial charge in [-0.15, -0.1) is 4.28 Å². The van der Waals surface area contributed by atoms with Crippen LogP contribution in [0.25, 0.3) is 0 Å². The first-order valence-electron chi connectivity index (χ1n) is 4.79. The maximum Gasteiger partial charge on any atom is 0.418 e. The molecule has 0 aromatic heterocycles. The van der Waals surface area contributed by atoms with Crippen molar-refractivity contribution in [3.63, 3.8) is 0 Å². The van der Waals surface area contributed by atoms with Gasteiger partial charge in [-0.1, -0.05) is 0 Å². The fraction of sp³-hybridized carbons (Fsp3) is 0.714. The molecule has 2 amide bonds. The van der Waals surface area contributed by atoms with Crippen molar-refractivity contribution < 1.29 is 31.9 Å². The number of carbonyl (C=O) groups excluding carboxylic acids is 1. The molecule has 96 valence electrons. The summed E-state index contributed by atoms with van der Waals surface area (Å²) in [6.07, 6.45) is 0.520. The molecule has 0 aromatic carbocycles. The Labute approximate surface area is 96.5 Å². The summed E-state index contributed by atoms with van der Waals surface area (Å²) in [7, 11) is -4.79. The number of carboxylic acid groups (broad SMARTS) is 1. The predicted octanol–water partition coefficient (Wildman–Crippen LogP) is -0.926. The Balaban J connectivity index is 2.20. The van der Waals surface area contributed by atoms with E-state index in [1.165, 1.54) is 0 Å². The van der Waals surface area contributed by atoms with E-state index in [1.807, 2.05) is 0 Å². The van der Waals surface area contributed by atoms with Crippen LogP contribution >= 0.6 is 0 Å². The highest BCUT2D eigenvalue weighted by molar-refractivity contribution is 7.80. The number of nitrogens with zero attached hydrogens (tertiary/aromatic N) is 2. The molecule has 17 heavy (non-hydrogen) atoms. The summed E-state index contributed by atoms with van der Waals surface area (Å²) < 4.78 is 33.7. The minimum Gasteiger partial charge on any atom is -0.480 e. The molecule has 2 fully saturated rings. The first kappa shape index (κ1) is 12.1. The summed E-state index contributed by atoms with van der Waals surface area (Å²) in [4.78, 5) is 23.5. The van der Waals surface area contributed by atoms with E-state index in [0.29, 0.717) is 11.5 Å². The second kappa shape index (κ2) is 3.82. The van der Waals surface area contributed by atoms with E-state index < -0.39 is 34.5 Å². The summed E-state index contributed by atoms with van der Waals surface area (Å²) in [6.45, 7) is 0.0747. The molecule has 0 unspecified atom stereocenters. The molecule has 2 rings (SSSR count). The first-order chi connectivity index (χ1) is 7.79. The molecular formula is C7H10N2O7S. The number of hydrogen-bond donors (Lipinski definition) is 2. The Bertz CT molecular complexity index is 461. The molecule has 2 saturated heterocycles. The first-order valence-corrected chi connectivity index (χ1v) is 6.16. The Morgan fingerprint density at radius 1 is 1.41 bits per heavy atom. The zero-order valence-electron chi connectivity index (χ0n) is 8.51. The highest BCUT2D eigenvalue weighted by atomic mass is 32.3. The molecule has 2 bridgehead atoms. The molecule has 10 heteroatoms. The summed E-state index contributed by atoms with van der Waals surface area (Å²) in [5.74, 6) is -1.15. The van der Waals surface area contributed by atoms with E-state index in [9.17, 15) is 18.0 Å². The van der Waals surface area contributed by atoms with Gasteiger partial charge in [-0.3, -0.25) is 4.55 Å². The Kier molecular flexibility index (Phi) is 2.72. The fourth-order valence-corrected chi connectivity index (χ4v) is 2.48. The van der Waals surface area contributed by atoms with Crippen LogP contribution in [-0.2, 0) is 19.5 Å². The van der Waals surface area contributed by atoms with E-state index in [0.717, 1.165) is 4.90 Å². The van der Waals surface area contributed by atoms with Crippen molar-refractivity contribution in [1.29, 1.82) is 0 Å². The van der Waals surface area contributed by atoms with Crippen LogP contribution in [0.3, 0.4) is 0 Å². The molecule has 0 spiro atoms. The van der Waals surface area contributed by atoms with E-state index in [-0.39, 0.29) is 13.0 Å². The van der Waals surface area contributed by atoms with Crippen LogP contribution in [0.5, 0.6) is 0 Å². The van der Waals surface area contributed by atoms with Crippen molar-refractivity contribution >= 4 is 22.4 Å². The van der Waals surface area contributed by atoms with Crippen molar-refractivity contribution in [3.8, 4) is 0 Å². The highest BCUT2D eigenvalue weighted by Crippen LogP contribution is 2.30. The van der Waals surface area contributed by atoms with Crippen LogP contribution in [0.2, 0.25) is 0 Å². The van der Waals surface area contributed by atoms with Gasteiger partial charge < -0.3 is 10.0 Å². The molecule has 2 N–H and O–H groups in total. The average Bonchev–Trinajstić information content (AvgIpc) is 2.42. The molecule has 2 heterocycles. The van der Waals surface area contributed by atoms with Gasteiger partial charge in [0.25, 0.3) is 0 Å². The normalized spacial score (nSPS) is 28.6. The number of rotatable bonds is 3. The molecule has 0 radical (unpaired) electrons. The number of amides is 2. The monoisotopic (exact) mass is 266 g/mol. The van der Waals surface area contributed by atoms with Crippen LogP contribution < -0.4 is 0 Å².